The highest BCUT2D eigenvalue weighted by Crippen LogP contribution is 2.31. The molecular weight excluding hydrogens is 525 g/mol. The number of phenolic OH excluding ortho intramolecular Hbond substituents is 1. The zero-order chi connectivity index (χ0) is 28.7. The summed E-state index contributed by atoms with van der Waals surface area (Å²) in [6.45, 7) is -0.124. The predicted molar refractivity (Wildman–Crippen MR) is 152 cm³/mol. The van der Waals surface area contributed by atoms with Crippen LogP contribution in [0.4, 0.5) is 10.2 Å². The number of methoxy groups -OCH3 is 1. The second-order valence-electron chi connectivity index (χ2n) is 9.23. The molecule has 10 nitrogen and oxygen atoms in total. The fourth-order valence-corrected chi connectivity index (χ4v) is 4.76. The van der Waals surface area contributed by atoms with Crippen LogP contribution in [0.1, 0.15) is 17.0 Å². The van der Waals surface area contributed by atoms with Crippen LogP contribution in [0.3, 0.4) is 0 Å². The van der Waals surface area contributed by atoms with Crippen LogP contribution >= 0.6 is 0 Å². The monoisotopic (exact) mass is 547 g/mol. The quantitative estimate of drug-likeness (QED) is 0.302. The number of nitrogens with zero attached hydrogens (tertiary/aromatic N) is 6. The Labute approximate surface area is 232 Å². The SMILES string of the molecule is C#Cc1cccc2nc(Cn3nc(-c4ccc(O)cc4)c4c(N)ncnc43)n(Cc3ccc(OC)cc3F)c(=O)c12. The van der Waals surface area contributed by atoms with Gasteiger partial charge in [0.2, 0.25) is 0 Å². The zero-order valence-electron chi connectivity index (χ0n) is 21.7. The van der Waals surface area contributed by atoms with Crippen LogP contribution in [0, 0.1) is 18.2 Å². The van der Waals surface area contributed by atoms with E-state index in [2.05, 4.69) is 15.9 Å². The fourth-order valence-electron chi connectivity index (χ4n) is 4.76. The summed E-state index contributed by atoms with van der Waals surface area (Å²) in [5.41, 5.74) is 8.44. The van der Waals surface area contributed by atoms with E-state index in [4.69, 9.17) is 27.0 Å². The molecule has 0 saturated carbocycles. The molecule has 41 heavy (non-hydrogen) atoms. The first kappa shape index (κ1) is 25.5. The number of terminal acetylenes is 1. The summed E-state index contributed by atoms with van der Waals surface area (Å²) in [4.78, 5) is 27.2. The van der Waals surface area contributed by atoms with Crippen molar-refractivity contribution in [3.05, 3.63) is 100 Å². The Hall–Kier alpha value is -5.76. The smallest absolute Gasteiger partial charge is 0.263 e. The molecule has 0 aliphatic carbocycles. The number of hydrogen-bond acceptors (Lipinski definition) is 8. The van der Waals surface area contributed by atoms with Gasteiger partial charge in [0.05, 0.1) is 29.9 Å². The van der Waals surface area contributed by atoms with Gasteiger partial charge in [-0.3, -0.25) is 9.36 Å². The standard InChI is InChI=1S/C30H22FN7O3/c1-3-17-5-4-6-23-25(17)30(40)37(14-19-9-12-21(41-2)13-22(19)31)24(35-23)15-38-29-26(28(32)33-16-34-29)27(36-38)18-7-10-20(39)11-8-18/h1,4-13,16,39H,14-15H2,2H3,(H2,32,33,34). The highest BCUT2D eigenvalue weighted by molar-refractivity contribution is 5.98. The number of hydrogen-bond donors (Lipinski definition) is 2. The van der Waals surface area contributed by atoms with Crippen LogP contribution in [0.25, 0.3) is 33.2 Å². The maximum absolute atomic E-state index is 15.0. The summed E-state index contributed by atoms with van der Waals surface area (Å²) >= 11 is 0. The highest BCUT2D eigenvalue weighted by atomic mass is 19.1. The third kappa shape index (κ3) is 4.47. The number of ether oxygens (including phenoxy) is 1. The molecule has 3 aromatic carbocycles. The first-order valence-corrected chi connectivity index (χ1v) is 12.5. The Bertz CT molecular complexity index is 2060. The molecule has 6 rings (SSSR count). The molecule has 0 spiro atoms. The topological polar surface area (TPSA) is 134 Å². The van der Waals surface area contributed by atoms with Gasteiger partial charge in [0.25, 0.3) is 5.56 Å². The van der Waals surface area contributed by atoms with Gasteiger partial charge in [-0.2, -0.15) is 5.10 Å². The Balaban J connectivity index is 1.56. The van der Waals surface area contributed by atoms with Crippen LogP contribution in [-0.4, -0.2) is 41.5 Å². The van der Waals surface area contributed by atoms with E-state index >= 15 is 4.39 Å². The normalized spacial score (nSPS) is 11.1. The van der Waals surface area contributed by atoms with E-state index in [1.165, 1.54) is 36.2 Å². The maximum Gasteiger partial charge on any atom is 0.263 e. The van der Waals surface area contributed by atoms with E-state index in [-0.39, 0.29) is 35.6 Å². The van der Waals surface area contributed by atoms with E-state index in [9.17, 15) is 9.90 Å². The van der Waals surface area contributed by atoms with E-state index < -0.39 is 11.4 Å². The molecule has 11 heteroatoms. The van der Waals surface area contributed by atoms with Gasteiger partial charge in [0.1, 0.15) is 47.5 Å². The molecule has 0 saturated heterocycles. The lowest BCUT2D eigenvalue weighted by molar-refractivity contribution is 0.410. The molecule has 6 aromatic rings. The summed E-state index contributed by atoms with van der Waals surface area (Å²) in [6, 6.07) is 16.0. The van der Waals surface area contributed by atoms with Crippen molar-refractivity contribution in [1.29, 1.82) is 0 Å². The van der Waals surface area contributed by atoms with Crippen molar-refractivity contribution in [3.8, 4) is 35.1 Å². The minimum atomic E-state index is -0.535. The number of phenols is 1. The number of aromatic hydroxyl groups is 1. The van der Waals surface area contributed by atoms with Crippen molar-refractivity contribution in [2.45, 2.75) is 13.1 Å². The highest BCUT2D eigenvalue weighted by Gasteiger charge is 2.21. The Morgan fingerprint density at radius 1 is 1.07 bits per heavy atom. The summed E-state index contributed by atoms with van der Waals surface area (Å²) in [7, 11) is 1.45. The lowest BCUT2D eigenvalue weighted by Gasteiger charge is -2.15. The number of halogens is 1. The summed E-state index contributed by atoms with van der Waals surface area (Å²) in [5, 5.41) is 15.3. The van der Waals surface area contributed by atoms with Gasteiger partial charge in [-0.15, -0.1) is 6.42 Å². The summed E-state index contributed by atoms with van der Waals surface area (Å²) in [6.07, 6.45) is 7.02. The lowest BCUT2D eigenvalue weighted by atomic mass is 10.1. The first-order chi connectivity index (χ1) is 19.9. The van der Waals surface area contributed by atoms with Gasteiger partial charge < -0.3 is 15.6 Å². The van der Waals surface area contributed by atoms with Crippen LogP contribution in [0.15, 0.2) is 71.8 Å². The largest absolute Gasteiger partial charge is 0.508 e. The summed E-state index contributed by atoms with van der Waals surface area (Å²) in [5.74, 6) is 2.97. The summed E-state index contributed by atoms with van der Waals surface area (Å²) < 4.78 is 23.1. The van der Waals surface area contributed by atoms with E-state index in [0.29, 0.717) is 44.9 Å². The molecule has 0 aliphatic heterocycles. The van der Waals surface area contributed by atoms with E-state index in [0.717, 1.165) is 0 Å². The molecule has 3 heterocycles. The van der Waals surface area contributed by atoms with Gasteiger partial charge >= 0.3 is 0 Å². The van der Waals surface area contributed by atoms with Crippen molar-refractivity contribution < 1.29 is 14.2 Å². The molecule has 3 aromatic heterocycles. The first-order valence-electron chi connectivity index (χ1n) is 12.5. The molecule has 3 N–H and O–H groups in total. The molecule has 0 atom stereocenters. The van der Waals surface area contributed by atoms with Crippen molar-refractivity contribution in [1.82, 2.24) is 29.3 Å². The third-order valence-electron chi connectivity index (χ3n) is 6.80. The van der Waals surface area contributed by atoms with Gasteiger partial charge in [-0.05, 0) is 42.5 Å². The molecule has 0 radical (unpaired) electrons. The Morgan fingerprint density at radius 2 is 1.88 bits per heavy atom. The van der Waals surface area contributed by atoms with Gasteiger partial charge in [0.15, 0.2) is 5.65 Å². The van der Waals surface area contributed by atoms with Crippen LogP contribution in [0.2, 0.25) is 0 Å². The van der Waals surface area contributed by atoms with E-state index in [1.807, 2.05) is 0 Å². The molecule has 0 unspecified atom stereocenters. The number of nitrogens with two attached hydrogens (primary N) is 1. The number of rotatable bonds is 6. The van der Waals surface area contributed by atoms with Crippen LogP contribution < -0.4 is 16.0 Å². The lowest BCUT2D eigenvalue weighted by Crippen LogP contribution is -2.28. The van der Waals surface area contributed by atoms with Crippen molar-refractivity contribution in [3.63, 3.8) is 0 Å². The molecule has 0 aliphatic rings. The van der Waals surface area contributed by atoms with Crippen molar-refractivity contribution in [2.24, 2.45) is 0 Å². The van der Waals surface area contributed by atoms with Crippen molar-refractivity contribution >= 4 is 27.8 Å². The van der Waals surface area contributed by atoms with Gasteiger partial charge in [-0.25, -0.2) is 24.0 Å². The molecule has 0 bridgehead atoms. The van der Waals surface area contributed by atoms with E-state index in [1.54, 1.807) is 47.1 Å². The zero-order valence-corrected chi connectivity index (χ0v) is 21.7. The van der Waals surface area contributed by atoms with Crippen LogP contribution in [0.5, 0.6) is 11.5 Å². The van der Waals surface area contributed by atoms with Gasteiger partial charge in [0, 0.05) is 22.8 Å². The van der Waals surface area contributed by atoms with Crippen molar-refractivity contribution in [2.75, 3.05) is 12.8 Å². The Morgan fingerprint density at radius 3 is 2.61 bits per heavy atom. The number of benzene rings is 3. The minimum absolute atomic E-state index is 0.00568. The molecule has 0 fully saturated rings. The average Bonchev–Trinajstić information content (AvgIpc) is 3.35. The molecular formula is C30H22FN7O3. The van der Waals surface area contributed by atoms with Crippen LogP contribution in [-0.2, 0) is 13.1 Å². The predicted octanol–water partition coefficient (Wildman–Crippen LogP) is 3.72. The molecule has 0 amide bonds. The Kier molecular flexibility index (Phi) is 6.28. The number of nitrogen functional groups attached to an aromatic ring is 1. The number of anilines is 1. The molecule has 202 valence electrons. The minimum Gasteiger partial charge on any atom is -0.508 e. The maximum atomic E-state index is 15.0. The second kappa shape index (κ2) is 10.1. The second-order valence-corrected chi connectivity index (χ2v) is 9.23. The van der Waals surface area contributed by atoms with Gasteiger partial charge in [-0.1, -0.05) is 18.1 Å². The number of aromatic nitrogens is 6. The fraction of sp³-hybridized carbons (Fsp3) is 0.100. The number of fused-ring (bicyclic) bond motifs is 2. The average molecular weight is 548 g/mol. The third-order valence-corrected chi connectivity index (χ3v) is 6.80.